The Balaban J connectivity index is 1.32. The van der Waals surface area contributed by atoms with Crippen molar-refractivity contribution in [1.29, 1.82) is 0 Å². The molecule has 1 amide bonds. The number of benzene rings is 1. The molecule has 1 aromatic carbocycles. The quantitative estimate of drug-likeness (QED) is 0.802. The van der Waals surface area contributed by atoms with Crippen LogP contribution in [0.15, 0.2) is 34.9 Å². The molecule has 2 heterocycles. The molecular weight excluding hydrogens is 352 g/mol. The van der Waals surface area contributed by atoms with E-state index in [-0.39, 0.29) is 5.91 Å². The van der Waals surface area contributed by atoms with Crippen molar-refractivity contribution >= 4 is 17.5 Å². The first-order valence-electron chi connectivity index (χ1n) is 8.96. The predicted molar refractivity (Wildman–Crippen MR) is 101 cm³/mol. The lowest BCUT2D eigenvalue weighted by Crippen LogP contribution is -2.49. The molecular formula is C19H25ClN4O2. The molecule has 140 valence electrons. The molecule has 0 atom stereocenters. The minimum Gasteiger partial charge on any atom is -0.360 e. The van der Waals surface area contributed by atoms with Crippen LogP contribution >= 0.6 is 11.6 Å². The zero-order valence-electron chi connectivity index (χ0n) is 15.1. The molecule has 0 radical (unpaired) electrons. The monoisotopic (exact) mass is 376 g/mol. The van der Waals surface area contributed by atoms with Crippen molar-refractivity contribution in [1.82, 2.24) is 20.3 Å². The normalized spacial score (nSPS) is 15.9. The summed E-state index contributed by atoms with van der Waals surface area (Å²) in [4.78, 5) is 16.6. The van der Waals surface area contributed by atoms with E-state index in [2.05, 4.69) is 20.3 Å². The molecule has 7 heteroatoms. The number of aromatic nitrogens is 1. The fraction of sp³-hybridized carbons (Fsp3) is 0.474. The van der Waals surface area contributed by atoms with Crippen molar-refractivity contribution in [3.63, 3.8) is 0 Å². The molecule has 0 bridgehead atoms. The number of rotatable bonds is 7. The summed E-state index contributed by atoms with van der Waals surface area (Å²) in [5.74, 6) is 0.981. The minimum absolute atomic E-state index is 0.0817. The van der Waals surface area contributed by atoms with Gasteiger partial charge < -0.3 is 9.84 Å². The van der Waals surface area contributed by atoms with Gasteiger partial charge in [0.25, 0.3) is 0 Å². The number of amides is 1. The highest BCUT2D eigenvalue weighted by molar-refractivity contribution is 6.30. The Kier molecular flexibility index (Phi) is 6.66. The Labute approximate surface area is 159 Å². The third-order valence-corrected chi connectivity index (χ3v) is 4.79. The van der Waals surface area contributed by atoms with E-state index in [1.807, 2.05) is 37.3 Å². The molecule has 2 aromatic rings. The Hall–Kier alpha value is -1.89. The topological polar surface area (TPSA) is 61.6 Å². The molecule has 0 unspecified atom stereocenters. The van der Waals surface area contributed by atoms with Gasteiger partial charge in [0, 0.05) is 43.8 Å². The van der Waals surface area contributed by atoms with Crippen molar-refractivity contribution in [2.75, 3.05) is 39.3 Å². The minimum atomic E-state index is 0.0817. The van der Waals surface area contributed by atoms with Gasteiger partial charge in [0.15, 0.2) is 5.76 Å². The second-order valence-electron chi connectivity index (χ2n) is 6.71. The largest absolute Gasteiger partial charge is 0.360 e. The predicted octanol–water partition coefficient (Wildman–Crippen LogP) is 2.11. The summed E-state index contributed by atoms with van der Waals surface area (Å²) in [6.07, 6.45) is 0.813. The number of nitrogens with one attached hydrogen (secondary N) is 1. The molecule has 0 spiro atoms. The van der Waals surface area contributed by atoms with E-state index in [4.69, 9.17) is 16.1 Å². The van der Waals surface area contributed by atoms with Gasteiger partial charge in [-0.1, -0.05) is 28.9 Å². The Morgan fingerprint density at radius 1 is 1.19 bits per heavy atom. The average Bonchev–Trinajstić information content (AvgIpc) is 3.03. The molecule has 0 aliphatic carbocycles. The van der Waals surface area contributed by atoms with E-state index >= 15 is 0 Å². The van der Waals surface area contributed by atoms with Crippen molar-refractivity contribution in [3.8, 4) is 0 Å². The Morgan fingerprint density at radius 3 is 2.54 bits per heavy atom. The van der Waals surface area contributed by atoms with Gasteiger partial charge in [-0.05, 0) is 31.0 Å². The summed E-state index contributed by atoms with van der Waals surface area (Å²) in [6.45, 7) is 7.44. The van der Waals surface area contributed by atoms with Gasteiger partial charge in [-0.15, -0.1) is 0 Å². The van der Waals surface area contributed by atoms with E-state index in [1.54, 1.807) is 0 Å². The summed E-state index contributed by atoms with van der Waals surface area (Å²) >= 11 is 5.87. The second-order valence-corrected chi connectivity index (χ2v) is 7.15. The summed E-state index contributed by atoms with van der Waals surface area (Å²) in [5.41, 5.74) is 2.08. The Morgan fingerprint density at radius 2 is 1.88 bits per heavy atom. The fourth-order valence-electron chi connectivity index (χ4n) is 3.07. The van der Waals surface area contributed by atoms with Crippen molar-refractivity contribution in [2.45, 2.75) is 19.9 Å². The highest BCUT2D eigenvalue weighted by atomic mass is 35.5. The van der Waals surface area contributed by atoms with Gasteiger partial charge in [0.1, 0.15) is 0 Å². The number of halogens is 1. The lowest BCUT2D eigenvalue weighted by Gasteiger charge is -2.33. The summed E-state index contributed by atoms with van der Waals surface area (Å²) in [5, 5.41) is 7.65. The lowest BCUT2D eigenvalue weighted by atomic mass is 10.1. The van der Waals surface area contributed by atoms with Crippen LogP contribution in [0.2, 0.25) is 5.02 Å². The van der Waals surface area contributed by atoms with Gasteiger partial charge in [-0.25, -0.2) is 0 Å². The van der Waals surface area contributed by atoms with Gasteiger partial charge in [-0.2, -0.15) is 0 Å². The van der Waals surface area contributed by atoms with E-state index in [0.717, 1.165) is 55.6 Å². The van der Waals surface area contributed by atoms with Crippen LogP contribution in [0.5, 0.6) is 0 Å². The van der Waals surface area contributed by atoms with E-state index in [0.29, 0.717) is 13.1 Å². The summed E-state index contributed by atoms with van der Waals surface area (Å²) < 4.78 is 5.27. The van der Waals surface area contributed by atoms with Crippen LogP contribution in [0.25, 0.3) is 0 Å². The van der Waals surface area contributed by atoms with Crippen LogP contribution in [0, 0.1) is 6.92 Å². The highest BCUT2D eigenvalue weighted by Gasteiger charge is 2.19. The molecule has 3 rings (SSSR count). The number of hydrogen-bond acceptors (Lipinski definition) is 5. The van der Waals surface area contributed by atoms with Crippen LogP contribution < -0.4 is 5.32 Å². The first-order chi connectivity index (χ1) is 12.6. The van der Waals surface area contributed by atoms with Crippen LogP contribution in [-0.4, -0.2) is 60.1 Å². The second kappa shape index (κ2) is 9.16. The number of piperazine rings is 1. The molecule has 1 saturated heterocycles. The van der Waals surface area contributed by atoms with Gasteiger partial charge in [-0.3, -0.25) is 14.6 Å². The summed E-state index contributed by atoms with van der Waals surface area (Å²) in [6, 6.07) is 9.70. The number of hydrogen-bond donors (Lipinski definition) is 1. The number of aryl methyl sites for hydroxylation is 1. The van der Waals surface area contributed by atoms with Crippen molar-refractivity contribution < 1.29 is 9.32 Å². The number of carbonyl (C=O) groups is 1. The molecule has 0 saturated carbocycles. The zero-order valence-corrected chi connectivity index (χ0v) is 15.8. The molecule has 26 heavy (non-hydrogen) atoms. The van der Waals surface area contributed by atoms with Crippen LogP contribution in [-0.2, 0) is 17.8 Å². The standard InChI is InChI=1S/C19H25ClN4O2/c1-15-12-18(26-22-15)13-23-8-10-24(11-9-23)14-19(25)21-7-6-16-2-4-17(20)5-3-16/h2-5,12H,6-11,13-14H2,1H3,(H,21,25). The third-order valence-electron chi connectivity index (χ3n) is 4.54. The molecule has 1 aliphatic rings. The molecule has 6 nitrogen and oxygen atoms in total. The smallest absolute Gasteiger partial charge is 0.234 e. The maximum atomic E-state index is 12.1. The van der Waals surface area contributed by atoms with Gasteiger partial charge in [0.05, 0.1) is 18.8 Å². The van der Waals surface area contributed by atoms with Crippen LogP contribution in [0.3, 0.4) is 0 Å². The Bertz CT molecular complexity index is 709. The van der Waals surface area contributed by atoms with Gasteiger partial charge in [0.2, 0.25) is 5.91 Å². The first-order valence-corrected chi connectivity index (χ1v) is 9.34. The first kappa shape index (κ1) is 18.9. The average molecular weight is 377 g/mol. The van der Waals surface area contributed by atoms with E-state index < -0.39 is 0 Å². The molecule has 1 N–H and O–H groups in total. The van der Waals surface area contributed by atoms with Crippen molar-refractivity contribution in [3.05, 3.63) is 52.4 Å². The maximum Gasteiger partial charge on any atom is 0.234 e. The maximum absolute atomic E-state index is 12.1. The molecule has 1 aliphatic heterocycles. The van der Waals surface area contributed by atoms with Gasteiger partial charge >= 0.3 is 0 Å². The lowest BCUT2D eigenvalue weighted by molar-refractivity contribution is -0.122. The summed E-state index contributed by atoms with van der Waals surface area (Å²) in [7, 11) is 0. The zero-order chi connectivity index (χ0) is 18.4. The molecule has 1 aromatic heterocycles. The van der Waals surface area contributed by atoms with Crippen molar-refractivity contribution in [2.24, 2.45) is 0 Å². The number of carbonyl (C=O) groups excluding carboxylic acids is 1. The highest BCUT2D eigenvalue weighted by Crippen LogP contribution is 2.10. The van der Waals surface area contributed by atoms with Crippen LogP contribution in [0.1, 0.15) is 17.0 Å². The van der Waals surface area contributed by atoms with E-state index in [9.17, 15) is 4.79 Å². The fourth-order valence-corrected chi connectivity index (χ4v) is 3.20. The van der Waals surface area contributed by atoms with Crippen LogP contribution in [0.4, 0.5) is 0 Å². The molecule has 1 fully saturated rings. The third kappa shape index (κ3) is 5.83. The van der Waals surface area contributed by atoms with E-state index in [1.165, 1.54) is 5.56 Å². The SMILES string of the molecule is Cc1cc(CN2CCN(CC(=O)NCCc3ccc(Cl)cc3)CC2)on1. The number of nitrogens with zero attached hydrogens (tertiary/aromatic N) is 3.